The maximum absolute atomic E-state index is 6.91. The highest BCUT2D eigenvalue weighted by Gasteiger charge is 2.25. The van der Waals surface area contributed by atoms with E-state index in [0.29, 0.717) is 17.1 Å². The summed E-state index contributed by atoms with van der Waals surface area (Å²) < 4.78 is 22.5. The number of benzene rings is 9. The molecule has 0 spiro atoms. The van der Waals surface area contributed by atoms with Gasteiger partial charge in [0.2, 0.25) is 0 Å². The van der Waals surface area contributed by atoms with Gasteiger partial charge in [-0.1, -0.05) is 140 Å². The first-order valence-corrected chi connectivity index (χ1v) is 20.8. The molecule has 6 heteroatoms. The average molecular weight is 794 g/mol. The van der Waals surface area contributed by atoms with Crippen molar-refractivity contribution in [3.05, 3.63) is 188 Å². The second-order valence-corrected chi connectivity index (χ2v) is 16.0. The van der Waals surface area contributed by atoms with E-state index in [9.17, 15) is 0 Å². The molecule has 0 amide bonds. The van der Waals surface area contributed by atoms with Crippen LogP contribution < -0.4 is 0 Å². The van der Waals surface area contributed by atoms with Gasteiger partial charge in [-0.3, -0.25) is 0 Å². The Labute approximate surface area is 352 Å². The van der Waals surface area contributed by atoms with Gasteiger partial charge in [0, 0.05) is 43.4 Å². The molecular weight excluding hydrogens is 763 g/mol. The molecule has 288 valence electrons. The smallest absolute Gasteiger partial charge is 0.180 e. The SMILES string of the molecule is c1ccc(-c2nc(-c3ccc(-n4c5ccccc5c5c6ccccc6ccc54)c4c3oc3ccccc34)nc3c2oc2ccc(-c4cccc5c4oc4ccccc45)cc23)cc1. The van der Waals surface area contributed by atoms with Crippen molar-refractivity contribution in [1.29, 1.82) is 0 Å². The van der Waals surface area contributed by atoms with Gasteiger partial charge in [0.1, 0.15) is 39.1 Å². The van der Waals surface area contributed by atoms with Crippen molar-refractivity contribution in [2.75, 3.05) is 0 Å². The summed E-state index contributed by atoms with van der Waals surface area (Å²) in [5.74, 6) is 0.549. The molecule has 0 aliphatic rings. The van der Waals surface area contributed by atoms with Crippen LogP contribution in [-0.4, -0.2) is 14.5 Å². The third kappa shape index (κ3) is 4.63. The second kappa shape index (κ2) is 12.5. The van der Waals surface area contributed by atoms with Gasteiger partial charge in [-0.15, -0.1) is 0 Å². The van der Waals surface area contributed by atoms with Crippen molar-refractivity contribution in [2.24, 2.45) is 0 Å². The van der Waals surface area contributed by atoms with Crippen LogP contribution in [0.1, 0.15) is 0 Å². The molecule has 0 aliphatic heterocycles. The minimum absolute atomic E-state index is 0.549. The Balaban J connectivity index is 1.04. The van der Waals surface area contributed by atoms with Crippen LogP contribution in [0.25, 0.3) is 138 Å². The number of rotatable bonds is 4. The fourth-order valence-electron chi connectivity index (χ4n) is 9.87. The van der Waals surface area contributed by atoms with E-state index in [1.54, 1.807) is 0 Å². The lowest BCUT2D eigenvalue weighted by molar-refractivity contribution is 0.665. The van der Waals surface area contributed by atoms with Crippen molar-refractivity contribution in [3.63, 3.8) is 0 Å². The molecule has 0 atom stereocenters. The molecule has 5 heterocycles. The number of fused-ring (bicyclic) bond motifs is 14. The maximum Gasteiger partial charge on any atom is 0.180 e. The molecule has 5 aromatic heterocycles. The Morgan fingerprint density at radius 2 is 1.06 bits per heavy atom. The third-order valence-electron chi connectivity index (χ3n) is 12.6. The number of hydrogen-bond donors (Lipinski definition) is 0. The molecule has 0 saturated heterocycles. The van der Waals surface area contributed by atoms with E-state index >= 15 is 0 Å². The van der Waals surface area contributed by atoms with Crippen LogP contribution in [0.4, 0.5) is 0 Å². The molecule has 6 nitrogen and oxygen atoms in total. The van der Waals surface area contributed by atoms with Crippen LogP contribution in [0.2, 0.25) is 0 Å². The van der Waals surface area contributed by atoms with Gasteiger partial charge in [0.05, 0.1) is 27.7 Å². The maximum atomic E-state index is 6.91. The largest absolute Gasteiger partial charge is 0.455 e. The zero-order valence-electron chi connectivity index (χ0n) is 33.0. The number of aromatic nitrogens is 3. The van der Waals surface area contributed by atoms with E-state index in [2.05, 4.69) is 138 Å². The molecule has 0 radical (unpaired) electrons. The van der Waals surface area contributed by atoms with Crippen molar-refractivity contribution in [1.82, 2.24) is 14.5 Å². The first-order valence-electron chi connectivity index (χ1n) is 20.8. The van der Waals surface area contributed by atoms with E-state index in [1.165, 1.54) is 21.5 Å². The normalized spacial score (nSPS) is 12.2. The number of furan rings is 3. The lowest BCUT2D eigenvalue weighted by atomic mass is 10.0. The predicted octanol–water partition coefficient (Wildman–Crippen LogP) is 15.4. The van der Waals surface area contributed by atoms with Gasteiger partial charge < -0.3 is 17.8 Å². The number of hydrogen-bond acceptors (Lipinski definition) is 5. The Hall–Kier alpha value is -8.48. The summed E-state index contributed by atoms with van der Waals surface area (Å²) in [4.78, 5) is 10.7. The van der Waals surface area contributed by atoms with Crippen LogP contribution in [-0.2, 0) is 0 Å². The Morgan fingerprint density at radius 1 is 0.371 bits per heavy atom. The van der Waals surface area contributed by atoms with Gasteiger partial charge in [-0.05, 0) is 64.9 Å². The molecule has 0 aliphatic carbocycles. The van der Waals surface area contributed by atoms with Gasteiger partial charge in [0.25, 0.3) is 0 Å². The van der Waals surface area contributed by atoms with E-state index in [-0.39, 0.29) is 0 Å². The molecule has 14 aromatic rings. The molecular formula is C56H31N3O3. The molecule has 14 rings (SSSR count). The summed E-state index contributed by atoms with van der Waals surface area (Å²) in [5.41, 5.74) is 13.1. The predicted molar refractivity (Wildman–Crippen MR) is 252 cm³/mol. The van der Waals surface area contributed by atoms with E-state index in [4.69, 9.17) is 23.2 Å². The Kier molecular flexibility index (Phi) is 6.74. The quantitative estimate of drug-likeness (QED) is 0.177. The lowest BCUT2D eigenvalue weighted by Gasteiger charge is -2.12. The Bertz CT molecular complexity index is 4170. The molecule has 9 aromatic carbocycles. The summed E-state index contributed by atoms with van der Waals surface area (Å²) in [6.45, 7) is 0. The van der Waals surface area contributed by atoms with Crippen LogP contribution >= 0.6 is 0 Å². The van der Waals surface area contributed by atoms with Crippen molar-refractivity contribution in [2.45, 2.75) is 0 Å². The van der Waals surface area contributed by atoms with E-state index in [1.807, 2.05) is 54.6 Å². The van der Waals surface area contributed by atoms with Crippen molar-refractivity contribution in [3.8, 4) is 39.5 Å². The van der Waals surface area contributed by atoms with Crippen molar-refractivity contribution < 1.29 is 13.3 Å². The first-order chi connectivity index (χ1) is 30.7. The van der Waals surface area contributed by atoms with Gasteiger partial charge in [-0.2, -0.15) is 0 Å². The zero-order chi connectivity index (χ0) is 40.5. The average Bonchev–Trinajstić information content (AvgIpc) is 4.10. The van der Waals surface area contributed by atoms with Crippen LogP contribution in [0.3, 0.4) is 0 Å². The second-order valence-electron chi connectivity index (χ2n) is 16.0. The topological polar surface area (TPSA) is 70.1 Å². The van der Waals surface area contributed by atoms with E-state index < -0.39 is 0 Å². The summed E-state index contributed by atoms with van der Waals surface area (Å²) >= 11 is 0. The van der Waals surface area contributed by atoms with Crippen molar-refractivity contribution >= 4 is 98.5 Å². The third-order valence-corrected chi connectivity index (χ3v) is 12.6. The van der Waals surface area contributed by atoms with Gasteiger partial charge in [-0.25, -0.2) is 9.97 Å². The van der Waals surface area contributed by atoms with Crippen LogP contribution in [0.15, 0.2) is 201 Å². The Morgan fingerprint density at radius 3 is 1.95 bits per heavy atom. The first kappa shape index (κ1) is 33.4. The van der Waals surface area contributed by atoms with E-state index in [0.717, 1.165) is 99.3 Å². The minimum atomic E-state index is 0.549. The molecule has 0 bridgehead atoms. The number of para-hydroxylation sites is 4. The lowest BCUT2D eigenvalue weighted by Crippen LogP contribution is -1.98. The van der Waals surface area contributed by atoms with Gasteiger partial charge >= 0.3 is 0 Å². The summed E-state index contributed by atoms with van der Waals surface area (Å²) in [7, 11) is 0. The zero-order valence-corrected chi connectivity index (χ0v) is 33.0. The van der Waals surface area contributed by atoms with Gasteiger partial charge in [0.15, 0.2) is 11.4 Å². The fourth-order valence-corrected chi connectivity index (χ4v) is 9.87. The number of nitrogens with zero attached hydrogens (tertiary/aromatic N) is 3. The summed E-state index contributed by atoms with van der Waals surface area (Å²) in [6, 6.07) is 65.4. The van der Waals surface area contributed by atoms with Crippen LogP contribution in [0.5, 0.6) is 0 Å². The standard InChI is InChI=1S/C56H31N3O3/c1-2-14-33(15-3-1)51-55-52(42-31-34(26-30-48(42)62-55)36-20-12-21-38-37-17-7-10-23-46(37)60-53(36)38)58-56(57-51)41-27-29-45(50-40-19-8-11-24-47(40)61-54(41)50)59-43-22-9-6-18-39(43)49-35-16-5-4-13-32(35)25-28-44(49)59/h1-31H. The minimum Gasteiger partial charge on any atom is -0.455 e. The summed E-state index contributed by atoms with van der Waals surface area (Å²) in [6.07, 6.45) is 0. The van der Waals surface area contributed by atoms with Crippen LogP contribution in [0, 0.1) is 0 Å². The highest BCUT2D eigenvalue weighted by molar-refractivity contribution is 6.23. The highest BCUT2D eigenvalue weighted by atomic mass is 16.3. The molecule has 0 unspecified atom stereocenters. The molecule has 0 N–H and O–H groups in total. The fraction of sp³-hybridized carbons (Fsp3) is 0. The molecule has 0 saturated carbocycles. The summed E-state index contributed by atoms with van der Waals surface area (Å²) in [5, 5.41) is 9.96. The molecule has 62 heavy (non-hydrogen) atoms. The molecule has 0 fully saturated rings. The monoisotopic (exact) mass is 793 g/mol. The highest BCUT2D eigenvalue weighted by Crippen LogP contribution is 2.45.